The summed E-state index contributed by atoms with van der Waals surface area (Å²) >= 11 is 5.81. The second kappa shape index (κ2) is 7.58. The van der Waals surface area contributed by atoms with Gasteiger partial charge in [-0.15, -0.1) is 0 Å². The summed E-state index contributed by atoms with van der Waals surface area (Å²) in [5.74, 6) is -1.00. The number of carbonyl (C=O) groups is 2. The number of amides is 1. The predicted octanol–water partition coefficient (Wildman–Crippen LogP) is 2.16. The number of nitrogens with one attached hydrogen (secondary N) is 1. The number of ether oxygens (including phenoxy) is 1. The van der Waals surface area contributed by atoms with Gasteiger partial charge in [0.2, 0.25) is 11.6 Å². The molecule has 2 aromatic heterocycles. The molecule has 3 aromatic rings. The number of aryl methyl sites for hydroxylation is 1. The highest BCUT2D eigenvalue weighted by atomic mass is 35.5. The SMILES string of the molecule is CCOC(=O)c1noc2nc(C)n(CC(=O)Nc3ccc(Cl)cc3)c(=O)c12. The van der Waals surface area contributed by atoms with Crippen molar-refractivity contribution in [2.45, 2.75) is 20.4 Å². The van der Waals surface area contributed by atoms with Crippen LogP contribution in [0.4, 0.5) is 5.69 Å². The van der Waals surface area contributed by atoms with Gasteiger partial charge in [0.25, 0.3) is 11.3 Å². The number of hydrogen-bond acceptors (Lipinski definition) is 7. The number of carbonyl (C=O) groups excluding carboxylic acids is 2. The van der Waals surface area contributed by atoms with Crippen LogP contribution in [0.25, 0.3) is 11.1 Å². The summed E-state index contributed by atoms with van der Waals surface area (Å²) in [6, 6.07) is 6.53. The fraction of sp³-hybridized carbons (Fsp3) is 0.235. The van der Waals surface area contributed by atoms with Crippen LogP contribution in [-0.2, 0) is 16.1 Å². The highest BCUT2D eigenvalue weighted by molar-refractivity contribution is 6.30. The first kappa shape index (κ1) is 18.6. The molecule has 10 heteroatoms. The second-order valence-corrected chi connectivity index (χ2v) is 5.97. The number of benzene rings is 1. The van der Waals surface area contributed by atoms with Crippen LogP contribution in [0, 0.1) is 6.92 Å². The lowest BCUT2D eigenvalue weighted by Crippen LogP contribution is -2.30. The average Bonchev–Trinajstić information content (AvgIpc) is 3.05. The maximum absolute atomic E-state index is 12.8. The first-order chi connectivity index (χ1) is 12.9. The number of hydrogen-bond donors (Lipinski definition) is 1. The standard InChI is InChI=1S/C17H15ClN4O5/c1-3-26-17(25)14-13-15(27-21-14)19-9(2)22(16(13)24)8-12(23)20-11-6-4-10(18)5-7-11/h4-7H,3,8H2,1-2H3,(H,20,23). The summed E-state index contributed by atoms with van der Waals surface area (Å²) in [6.45, 7) is 2.98. The van der Waals surface area contributed by atoms with E-state index in [0.717, 1.165) is 4.57 Å². The second-order valence-electron chi connectivity index (χ2n) is 5.54. The zero-order valence-corrected chi connectivity index (χ0v) is 15.2. The Kier molecular flexibility index (Phi) is 5.22. The fourth-order valence-corrected chi connectivity index (χ4v) is 2.57. The van der Waals surface area contributed by atoms with Gasteiger partial charge in [-0.3, -0.25) is 14.2 Å². The van der Waals surface area contributed by atoms with Crippen molar-refractivity contribution in [2.24, 2.45) is 0 Å². The van der Waals surface area contributed by atoms with E-state index in [4.69, 9.17) is 20.9 Å². The first-order valence-electron chi connectivity index (χ1n) is 8.00. The molecule has 2 heterocycles. The molecular weight excluding hydrogens is 376 g/mol. The molecule has 1 N–H and O–H groups in total. The normalized spacial score (nSPS) is 10.8. The molecule has 0 fully saturated rings. The van der Waals surface area contributed by atoms with Crippen LogP contribution in [-0.4, -0.2) is 33.2 Å². The smallest absolute Gasteiger partial charge is 0.361 e. The van der Waals surface area contributed by atoms with Crippen LogP contribution in [0.15, 0.2) is 33.6 Å². The van der Waals surface area contributed by atoms with E-state index in [1.165, 1.54) is 0 Å². The summed E-state index contributed by atoms with van der Waals surface area (Å²) in [6.07, 6.45) is 0. The maximum atomic E-state index is 12.8. The van der Waals surface area contributed by atoms with E-state index in [-0.39, 0.29) is 35.8 Å². The third-order valence-corrected chi connectivity index (χ3v) is 3.94. The van der Waals surface area contributed by atoms with Crippen molar-refractivity contribution < 1.29 is 18.8 Å². The van der Waals surface area contributed by atoms with E-state index in [2.05, 4.69) is 15.5 Å². The Balaban J connectivity index is 1.92. The van der Waals surface area contributed by atoms with E-state index in [1.807, 2.05) is 0 Å². The summed E-state index contributed by atoms with van der Waals surface area (Å²) < 4.78 is 11.0. The highest BCUT2D eigenvalue weighted by Gasteiger charge is 2.24. The minimum absolute atomic E-state index is 0.0880. The number of nitrogens with zero attached hydrogens (tertiary/aromatic N) is 3. The third-order valence-electron chi connectivity index (χ3n) is 3.69. The summed E-state index contributed by atoms with van der Waals surface area (Å²) in [5.41, 5.74) is -0.444. The summed E-state index contributed by atoms with van der Waals surface area (Å²) in [7, 11) is 0. The van der Waals surface area contributed by atoms with Crippen LogP contribution in [0.1, 0.15) is 23.2 Å². The number of aromatic nitrogens is 3. The maximum Gasteiger partial charge on any atom is 0.361 e. The van der Waals surface area contributed by atoms with E-state index < -0.39 is 17.4 Å². The van der Waals surface area contributed by atoms with Gasteiger partial charge in [0.1, 0.15) is 17.8 Å². The fourth-order valence-electron chi connectivity index (χ4n) is 2.44. The molecule has 0 saturated carbocycles. The highest BCUT2D eigenvalue weighted by Crippen LogP contribution is 2.15. The number of fused-ring (bicyclic) bond motifs is 1. The molecule has 0 aliphatic heterocycles. The minimum atomic E-state index is -0.795. The van der Waals surface area contributed by atoms with E-state index in [0.29, 0.717) is 10.7 Å². The predicted molar refractivity (Wildman–Crippen MR) is 96.8 cm³/mol. The third kappa shape index (κ3) is 3.82. The van der Waals surface area contributed by atoms with Crippen LogP contribution in [0.5, 0.6) is 0 Å². The van der Waals surface area contributed by atoms with E-state index in [9.17, 15) is 14.4 Å². The topological polar surface area (TPSA) is 116 Å². The molecule has 1 aromatic carbocycles. The number of anilines is 1. The van der Waals surface area contributed by atoms with Crippen molar-refractivity contribution >= 4 is 40.3 Å². The number of esters is 1. The lowest BCUT2D eigenvalue weighted by molar-refractivity contribution is -0.116. The molecule has 140 valence electrons. The van der Waals surface area contributed by atoms with E-state index in [1.54, 1.807) is 38.1 Å². The first-order valence-corrected chi connectivity index (χ1v) is 8.38. The van der Waals surface area contributed by atoms with Gasteiger partial charge in [-0.25, -0.2) is 4.79 Å². The van der Waals surface area contributed by atoms with Gasteiger partial charge in [0.05, 0.1) is 6.61 Å². The lowest BCUT2D eigenvalue weighted by Gasteiger charge is -2.10. The van der Waals surface area contributed by atoms with Gasteiger partial charge in [0, 0.05) is 10.7 Å². The average molecular weight is 391 g/mol. The zero-order valence-electron chi connectivity index (χ0n) is 14.5. The van der Waals surface area contributed by atoms with Gasteiger partial charge in [-0.2, -0.15) is 4.98 Å². The molecule has 0 radical (unpaired) electrons. The monoisotopic (exact) mass is 390 g/mol. The van der Waals surface area contributed by atoms with Crippen molar-refractivity contribution in [3.8, 4) is 0 Å². The Morgan fingerprint density at radius 1 is 1.30 bits per heavy atom. The molecule has 0 bridgehead atoms. The molecule has 27 heavy (non-hydrogen) atoms. The van der Waals surface area contributed by atoms with Crippen LogP contribution in [0.3, 0.4) is 0 Å². The molecule has 0 saturated heterocycles. The molecule has 0 spiro atoms. The molecule has 0 aliphatic carbocycles. The van der Waals surface area contributed by atoms with Gasteiger partial charge in [-0.1, -0.05) is 16.8 Å². The van der Waals surface area contributed by atoms with Gasteiger partial charge < -0.3 is 14.6 Å². The molecule has 3 rings (SSSR count). The Morgan fingerprint density at radius 3 is 2.67 bits per heavy atom. The molecular formula is C17H15ClN4O5. The number of rotatable bonds is 5. The lowest BCUT2D eigenvalue weighted by atomic mass is 10.3. The molecule has 1 amide bonds. The van der Waals surface area contributed by atoms with Crippen LogP contribution >= 0.6 is 11.6 Å². The van der Waals surface area contributed by atoms with Crippen molar-refractivity contribution in [1.29, 1.82) is 0 Å². The Morgan fingerprint density at radius 2 is 2.00 bits per heavy atom. The van der Waals surface area contributed by atoms with Crippen molar-refractivity contribution in [2.75, 3.05) is 11.9 Å². The molecule has 0 atom stereocenters. The quantitative estimate of drug-likeness (QED) is 0.663. The number of halogens is 1. The van der Waals surface area contributed by atoms with Crippen LogP contribution < -0.4 is 10.9 Å². The van der Waals surface area contributed by atoms with Gasteiger partial charge in [-0.05, 0) is 38.1 Å². The molecule has 9 nitrogen and oxygen atoms in total. The largest absolute Gasteiger partial charge is 0.461 e. The van der Waals surface area contributed by atoms with Crippen LogP contribution in [0.2, 0.25) is 5.02 Å². The Hall–Kier alpha value is -3.20. The summed E-state index contributed by atoms with van der Waals surface area (Å²) in [5, 5.41) is 6.64. The Labute approximate surface area is 157 Å². The summed E-state index contributed by atoms with van der Waals surface area (Å²) in [4.78, 5) is 41.1. The van der Waals surface area contributed by atoms with E-state index >= 15 is 0 Å². The Bertz CT molecular complexity index is 1070. The van der Waals surface area contributed by atoms with Crippen molar-refractivity contribution in [3.63, 3.8) is 0 Å². The minimum Gasteiger partial charge on any atom is -0.461 e. The van der Waals surface area contributed by atoms with Gasteiger partial charge >= 0.3 is 5.97 Å². The van der Waals surface area contributed by atoms with Crippen molar-refractivity contribution in [1.82, 2.24) is 14.7 Å². The molecule has 0 aliphatic rings. The van der Waals surface area contributed by atoms with Gasteiger partial charge in [0.15, 0.2) is 0 Å². The van der Waals surface area contributed by atoms with Crippen molar-refractivity contribution in [3.05, 3.63) is 51.2 Å². The zero-order chi connectivity index (χ0) is 19.6. The molecule has 0 unspecified atom stereocenters.